The van der Waals surface area contributed by atoms with Gasteiger partial charge in [-0.25, -0.2) is 4.39 Å². The molecule has 0 N–H and O–H groups in total. The van der Waals surface area contributed by atoms with Gasteiger partial charge in [0.15, 0.2) is 6.23 Å². The van der Waals surface area contributed by atoms with Gasteiger partial charge in [-0.3, -0.25) is 5.01 Å². The van der Waals surface area contributed by atoms with Gasteiger partial charge in [0.05, 0.1) is 11.8 Å². The molecule has 3 nitrogen and oxygen atoms in total. The van der Waals surface area contributed by atoms with Crippen LogP contribution in [0.4, 0.5) is 4.39 Å². The predicted octanol–water partition coefficient (Wildman–Crippen LogP) is 4.74. The van der Waals surface area contributed by atoms with Gasteiger partial charge in [0.25, 0.3) is 0 Å². The quantitative estimate of drug-likeness (QED) is 0.814. The van der Waals surface area contributed by atoms with E-state index in [4.69, 9.17) is 9.84 Å². The van der Waals surface area contributed by atoms with Crippen molar-refractivity contribution < 1.29 is 9.13 Å². The minimum atomic E-state index is -0.221. The van der Waals surface area contributed by atoms with Crippen molar-refractivity contribution in [1.82, 2.24) is 5.01 Å². The number of rotatable bonds is 3. The zero-order chi connectivity index (χ0) is 16.7. The topological polar surface area (TPSA) is 24.8 Å². The number of halogens is 1. The number of hydrazone groups is 1. The van der Waals surface area contributed by atoms with Crippen LogP contribution in [0.3, 0.4) is 0 Å². The van der Waals surface area contributed by atoms with Crippen LogP contribution in [-0.4, -0.2) is 16.9 Å². The van der Waals surface area contributed by atoms with Crippen molar-refractivity contribution in [2.45, 2.75) is 39.0 Å². The Morgan fingerprint density at radius 3 is 2.67 bits per heavy atom. The van der Waals surface area contributed by atoms with E-state index in [0.29, 0.717) is 5.92 Å². The number of fused-ring (bicyclic) bond motifs is 3. The Morgan fingerprint density at radius 2 is 1.92 bits per heavy atom. The summed E-state index contributed by atoms with van der Waals surface area (Å²) >= 11 is 0. The number of hydrogen-bond donors (Lipinski definition) is 0. The monoisotopic (exact) mass is 324 g/mol. The van der Waals surface area contributed by atoms with Crippen LogP contribution in [0.25, 0.3) is 0 Å². The van der Waals surface area contributed by atoms with E-state index < -0.39 is 0 Å². The Labute approximate surface area is 141 Å². The van der Waals surface area contributed by atoms with E-state index in [-0.39, 0.29) is 18.1 Å². The van der Waals surface area contributed by atoms with Crippen LogP contribution in [-0.2, 0) is 0 Å². The van der Waals surface area contributed by atoms with Gasteiger partial charge in [-0.15, -0.1) is 0 Å². The fourth-order valence-electron chi connectivity index (χ4n) is 3.49. The highest BCUT2D eigenvalue weighted by atomic mass is 19.1. The molecule has 124 valence electrons. The van der Waals surface area contributed by atoms with Crippen LogP contribution in [0, 0.1) is 11.7 Å². The van der Waals surface area contributed by atoms with Crippen LogP contribution >= 0.6 is 0 Å². The third-order valence-corrected chi connectivity index (χ3v) is 4.63. The van der Waals surface area contributed by atoms with E-state index in [0.717, 1.165) is 29.9 Å². The fourth-order valence-corrected chi connectivity index (χ4v) is 3.49. The van der Waals surface area contributed by atoms with Gasteiger partial charge < -0.3 is 4.74 Å². The van der Waals surface area contributed by atoms with E-state index in [1.54, 1.807) is 12.1 Å². The minimum Gasteiger partial charge on any atom is -0.469 e. The lowest BCUT2D eigenvalue weighted by atomic mass is 9.96. The molecule has 2 aromatic carbocycles. The molecule has 4 heteroatoms. The zero-order valence-electron chi connectivity index (χ0n) is 13.9. The molecule has 2 atom stereocenters. The van der Waals surface area contributed by atoms with Gasteiger partial charge >= 0.3 is 0 Å². The SMILES string of the molecule is CC(C)CC1Oc2ccccc2C2CC(c3ccc(F)cc3)=NN12. The minimum absolute atomic E-state index is 0.0529. The molecule has 0 saturated heterocycles. The van der Waals surface area contributed by atoms with Gasteiger partial charge in [-0.2, -0.15) is 5.10 Å². The number of nitrogens with zero attached hydrogens (tertiary/aromatic N) is 2. The highest BCUT2D eigenvalue weighted by Gasteiger charge is 2.40. The molecule has 0 saturated carbocycles. The fraction of sp³-hybridized carbons (Fsp3) is 0.350. The Balaban J connectivity index is 1.70. The largest absolute Gasteiger partial charge is 0.469 e. The molecule has 2 aliphatic rings. The summed E-state index contributed by atoms with van der Waals surface area (Å²) in [5.74, 6) is 1.26. The van der Waals surface area contributed by atoms with Crippen molar-refractivity contribution in [3.8, 4) is 5.75 Å². The molecule has 0 bridgehead atoms. The molecule has 0 spiro atoms. The molecule has 0 aliphatic carbocycles. The maximum atomic E-state index is 13.2. The van der Waals surface area contributed by atoms with Crippen LogP contribution in [0.2, 0.25) is 0 Å². The smallest absolute Gasteiger partial charge is 0.188 e. The lowest BCUT2D eigenvalue weighted by Crippen LogP contribution is -2.41. The van der Waals surface area contributed by atoms with Crippen molar-refractivity contribution in [1.29, 1.82) is 0 Å². The lowest BCUT2D eigenvalue weighted by molar-refractivity contribution is -0.0291. The first kappa shape index (κ1) is 15.2. The van der Waals surface area contributed by atoms with E-state index in [1.807, 2.05) is 18.2 Å². The summed E-state index contributed by atoms with van der Waals surface area (Å²) in [5.41, 5.74) is 3.15. The van der Waals surface area contributed by atoms with Crippen molar-refractivity contribution in [3.05, 3.63) is 65.5 Å². The molecule has 0 amide bonds. The van der Waals surface area contributed by atoms with Crippen molar-refractivity contribution in [2.75, 3.05) is 0 Å². The highest BCUT2D eigenvalue weighted by molar-refractivity contribution is 6.01. The summed E-state index contributed by atoms with van der Waals surface area (Å²) in [6.45, 7) is 4.39. The Hall–Kier alpha value is -2.36. The molecule has 2 aliphatic heterocycles. The first-order chi connectivity index (χ1) is 11.6. The highest BCUT2D eigenvalue weighted by Crippen LogP contribution is 2.43. The number of benzene rings is 2. The van der Waals surface area contributed by atoms with Crippen molar-refractivity contribution in [2.24, 2.45) is 11.0 Å². The molecule has 2 heterocycles. The summed E-state index contributed by atoms with van der Waals surface area (Å²) < 4.78 is 19.4. The standard InChI is InChI=1S/C20H21FN2O/c1-13(2)11-20-23-18(16-5-3-4-6-19(16)24-20)12-17(22-23)14-7-9-15(21)10-8-14/h3-10,13,18,20H,11-12H2,1-2H3. The van der Waals surface area contributed by atoms with E-state index in [1.165, 1.54) is 17.7 Å². The maximum absolute atomic E-state index is 13.2. The van der Waals surface area contributed by atoms with Crippen molar-refractivity contribution in [3.63, 3.8) is 0 Å². The van der Waals surface area contributed by atoms with E-state index in [9.17, 15) is 4.39 Å². The number of para-hydroxylation sites is 1. The third kappa shape index (κ3) is 2.66. The van der Waals surface area contributed by atoms with Gasteiger partial charge in [0, 0.05) is 18.4 Å². The zero-order valence-corrected chi connectivity index (χ0v) is 13.9. The van der Waals surface area contributed by atoms with Crippen LogP contribution in [0.15, 0.2) is 53.6 Å². The summed E-state index contributed by atoms with van der Waals surface area (Å²) in [6, 6.07) is 15.0. The molecule has 0 aromatic heterocycles. The van der Waals surface area contributed by atoms with Crippen LogP contribution < -0.4 is 4.74 Å². The molecule has 0 fully saturated rings. The lowest BCUT2D eigenvalue weighted by Gasteiger charge is -2.38. The average Bonchev–Trinajstić information content (AvgIpc) is 3.01. The summed E-state index contributed by atoms with van der Waals surface area (Å²) in [7, 11) is 0. The second-order valence-corrected chi connectivity index (χ2v) is 6.89. The Morgan fingerprint density at radius 1 is 1.17 bits per heavy atom. The average molecular weight is 324 g/mol. The van der Waals surface area contributed by atoms with Crippen LogP contribution in [0.5, 0.6) is 5.75 Å². The van der Waals surface area contributed by atoms with Crippen molar-refractivity contribution >= 4 is 5.71 Å². The molecule has 4 rings (SSSR count). The van der Waals surface area contributed by atoms with Gasteiger partial charge in [0.2, 0.25) is 0 Å². The number of hydrogen-bond acceptors (Lipinski definition) is 3. The normalized spacial score (nSPS) is 22.0. The molecule has 0 radical (unpaired) electrons. The van der Waals surface area contributed by atoms with Crippen LogP contribution in [0.1, 0.15) is 43.9 Å². The second-order valence-electron chi connectivity index (χ2n) is 6.89. The number of ether oxygens (including phenoxy) is 1. The summed E-state index contributed by atoms with van der Waals surface area (Å²) in [4.78, 5) is 0. The third-order valence-electron chi connectivity index (χ3n) is 4.63. The van der Waals surface area contributed by atoms with Gasteiger partial charge in [-0.1, -0.05) is 44.2 Å². The van der Waals surface area contributed by atoms with E-state index in [2.05, 4.69) is 24.9 Å². The Kier molecular flexibility index (Phi) is 3.75. The maximum Gasteiger partial charge on any atom is 0.188 e. The Bertz CT molecular complexity index is 769. The molecular weight excluding hydrogens is 303 g/mol. The molecule has 2 aromatic rings. The molecule has 2 unspecified atom stereocenters. The predicted molar refractivity (Wildman–Crippen MR) is 92.4 cm³/mol. The molecular formula is C20H21FN2O. The first-order valence-corrected chi connectivity index (χ1v) is 8.49. The second kappa shape index (κ2) is 5.93. The van der Waals surface area contributed by atoms with Gasteiger partial charge in [0.1, 0.15) is 11.6 Å². The first-order valence-electron chi connectivity index (χ1n) is 8.49. The summed E-state index contributed by atoms with van der Waals surface area (Å²) in [6.07, 6.45) is 1.69. The van der Waals surface area contributed by atoms with Gasteiger partial charge in [-0.05, 0) is 29.7 Å². The van der Waals surface area contributed by atoms with E-state index >= 15 is 0 Å². The molecule has 24 heavy (non-hydrogen) atoms. The summed E-state index contributed by atoms with van der Waals surface area (Å²) in [5, 5.41) is 6.94.